The summed E-state index contributed by atoms with van der Waals surface area (Å²) in [5.41, 5.74) is 4.89. The predicted octanol–water partition coefficient (Wildman–Crippen LogP) is -0.301. The third kappa shape index (κ3) is 1.45. The molecule has 4 heteroatoms. The van der Waals surface area contributed by atoms with Crippen LogP contribution in [0.3, 0.4) is 0 Å². The Morgan fingerprint density at radius 3 is 3.10 bits per heavy atom. The Balaban J connectivity index is 3.07. The number of nitrogens with zero attached hydrogens (tertiary/aromatic N) is 1. The van der Waals surface area contributed by atoms with Crippen molar-refractivity contribution in [3.8, 4) is 0 Å². The Morgan fingerprint density at radius 2 is 2.50 bits per heavy atom. The van der Waals surface area contributed by atoms with E-state index in [0.29, 0.717) is 5.82 Å². The van der Waals surface area contributed by atoms with Crippen molar-refractivity contribution in [1.82, 2.24) is 9.97 Å². The van der Waals surface area contributed by atoms with Gasteiger partial charge in [0.15, 0.2) is 0 Å². The molecule has 0 aromatic carbocycles. The third-order valence-electron chi connectivity index (χ3n) is 0.945. The van der Waals surface area contributed by atoms with E-state index >= 15 is 0 Å². The summed E-state index contributed by atoms with van der Waals surface area (Å²) < 4.78 is 0. The largest absolute Gasteiger partial charge is 0.404 e. The van der Waals surface area contributed by atoms with Crippen LogP contribution in [0.25, 0.3) is 6.08 Å². The molecule has 1 aromatic rings. The van der Waals surface area contributed by atoms with Gasteiger partial charge in [0.25, 0.3) is 5.56 Å². The zero-order valence-electron chi connectivity index (χ0n) is 5.24. The molecule has 4 nitrogen and oxygen atoms in total. The molecule has 0 fully saturated rings. The summed E-state index contributed by atoms with van der Waals surface area (Å²) in [7, 11) is 0. The highest BCUT2D eigenvalue weighted by atomic mass is 16.1. The summed E-state index contributed by atoms with van der Waals surface area (Å²) in [5, 5.41) is 0. The molecule has 0 saturated heterocycles. The van der Waals surface area contributed by atoms with Gasteiger partial charge in [0.05, 0.1) is 0 Å². The molecule has 52 valence electrons. The normalized spacial score (nSPS) is 10.4. The second-order valence-electron chi connectivity index (χ2n) is 1.68. The van der Waals surface area contributed by atoms with Gasteiger partial charge in [-0.05, 0) is 12.3 Å². The molecular formula is C6H7N3O. The molecule has 0 unspecified atom stereocenters. The zero-order valence-corrected chi connectivity index (χ0v) is 5.24. The molecule has 1 rings (SSSR count). The quantitative estimate of drug-likeness (QED) is 0.558. The van der Waals surface area contributed by atoms with Gasteiger partial charge in [-0.15, -0.1) is 0 Å². The van der Waals surface area contributed by atoms with Crippen LogP contribution in [0.4, 0.5) is 0 Å². The van der Waals surface area contributed by atoms with Crippen LogP contribution < -0.4 is 11.3 Å². The van der Waals surface area contributed by atoms with Crippen LogP contribution in [0.15, 0.2) is 23.3 Å². The first-order valence-corrected chi connectivity index (χ1v) is 2.76. The van der Waals surface area contributed by atoms with Gasteiger partial charge in [0.1, 0.15) is 5.82 Å². The lowest BCUT2D eigenvalue weighted by molar-refractivity contribution is 1.09. The molecule has 0 amide bonds. The maximum atomic E-state index is 10.6. The number of H-pyrrole nitrogens is 1. The van der Waals surface area contributed by atoms with Crippen molar-refractivity contribution in [3.63, 3.8) is 0 Å². The summed E-state index contributed by atoms with van der Waals surface area (Å²) >= 11 is 0. The van der Waals surface area contributed by atoms with E-state index < -0.39 is 0 Å². The van der Waals surface area contributed by atoms with Gasteiger partial charge in [-0.3, -0.25) is 4.79 Å². The average molecular weight is 137 g/mol. The van der Waals surface area contributed by atoms with Gasteiger partial charge in [-0.25, -0.2) is 4.98 Å². The topological polar surface area (TPSA) is 71.8 Å². The number of aromatic nitrogens is 2. The van der Waals surface area contributed by atoms with Crippen LogP contribution in [0, 0.1) is 0 Å². The van der Waals surface area contributed by atoms with Crippen molar-refractivity contribution in [2.45, 2.75) is 0 Å². The highest BCUT2D eigenvalue weighted by Gasteiger charge is 1.85. The molecule has 0 aliphatic carbocycles. The molecule has 0 spiro atoms. The fourth-order valence-electron chi connectivity index (χ4n) is 0.561. The summed E-state index contributed by atoms with van der Waals surface area (Å²) in [6.07, 6.45) is 4.26. The Labute approximate surface area is 57.4 Å². The van der Waals surface area contributed by atoms with E-state index in [1.54, 1.807) is 0 Å². The van der Waals surface area contributed by atoms with Crippen molar-refractivity contribution in [1.29, 1.82) is 0 Å². The van der Waals surface area contributed by atoms with Crippen LogP contribution in [-0.4, -0.2) is 9.97 Å². The molecule has 0 aliphatic heterocycles. The second kappa shape index (κ2) is 2.82. The first-order chi connectivity index (χ1) is 4.83. The molecule has 0 saturated carbocycles. The van der Waals surface area contributed by atoms with E-state index in [1.807, 2.05) is 0 Å². The van der Waals surface area contributed by atoms with Crippen LogP contribution in [0.1, 0.15) is 5.82 Å². The molecular weight excluding hydrogens is 130 g/mol. The number of nitrogens with two attached hydrogens (primary N) is 1. The highest BCUT2D eigenvalue weighted by molar-refractivity contribution is 5.37. The number of rotatable bonds is 1. The molecule has 1 heterocycles. The van der Waals surface area contributed by atoms with Crippen molar-refractivity contribution < 1.29 is 0 Å². The summed E-state index contributed by atoms with van der Waals surface area (Å²) in [4.78, 5) is 16.9. The van der Waals surface area contributed by atoms with Crippen molar-refractivity contribution in [2.75, 3.05) is 0 Å². The zero-order chi connectivity index (χ0) is 7.40. The maximum absolute atomic E-state index is 10.6. The number of aromatic amines is 1. The molecule has 1 aromatic heterocycles. The lowest BCUT2D eigenvalue weighted by Gasteiger charge is -1.87. The SMILES string of the molecule is N/C=C/c1nccc(=O)[nH]1. The van der Waals surface area contributed by atoms with Gasteiger partial charge in [0.2, 0.25) is 0 Å². The lowest BCUT2D eigenvalue weighted by Crippen LogP contribution is -2.05. The van der Waals surface area contributed by atoms with E-state index in [1.165, 1.54) is 24.5 Å². The summed E-state index contributed by atoms with van der Waals surface area (Å²) in [6, 6.07) is 1.34. The Bertz CT molecular complexity index is 289. The average Bonchev–Trinajstić information content (AvgIpc) is 1.88. The molecule has 0 radical (unpaired) electrons. The number of hydrogen-bond acceptors (Lipinski definition) is 3. The van der Waals surface area contributed by atoms with Gasteiger partial charge in [-0.1, -0.05) is 0 Å². The van der Waals surface area contributed by atoms with Gasteiger partial charge < -0.3 is 10.7 Å². The van der Waals surface area contributed by atoms with Crippen LogP contribution in [-0.2, 0) is 0 Å². The molecule has 0 bridgehead atoms. The van der Waals surface area contributed by atoms with E-state index in [-0.39, 0.29) is 5.56 Å². The molecule has 0 aliphatic rings. The number of hydrogen-bond donors (Lipinski definition) is 2. The Kier molecular flexibility index (Phi) is 1.84. The minimum Gasteiger partial charge on any atom is -0.404 e. The van der Waals surface area contributed by atoms with Crippen molar-refractivity contribution in [2.24, 2.45) is 5.73 Å². The van der Waals surface area contributed by atoms with Gasteiger partial charge in [0, 0.05) is 12.3 Å². The van der Waals surface area contributed by atoms with Gasteiger partial charge in [-0.2, -0.15) is 0 Å². The first-order valence-electron chi connectivity index (χ1n) is 2.76. The Morgan fingerprint density at radius 1 is 1.70 bits per heavy atom. The first kappa shape index (κ1) is 6.54. The minimum absolute atomic E-state index is 0.178. The maximum Gasteiger partial charge on any atom is 0.251 e. The monoisotopic (exact) mass is 137 g/mol. The predicted molar refractivity (Wildman–Crippen MR) is 38.1 cm³/mol. The Hall–Kier alpha value is -1.58. The van der Waals surface area contributed by atoms with Crippen molar-refractivity contribution >= 4 is 6.08 Å². The van der Waals surface area contributed by atoms with E-state index in [9.17, 15) is 4.79 Å². The standard InChI is InChI=1S/C6H7N3O/c7-3-1-5-8-4-2-6(10)9-5/h1-4H,7H2,(H,8,9,10)/b3-1+. The highest BCUT2D eigenvalue weighted by Crippen LogP contribution is 1.83. The fraction of sp³-hybridized carbons (Fsp3) is 0. The molecule has 10 heavy (non-hydrogen) atoms. The smallest absolute Gasteiger partial charge is 0.251 e. The summed E-state index contributed by atoms with van der Waals surface area (Å²) in [5.74, 6) is 0.468. The van der Waals surface area contributed by atoms with E-state index in [4.69, 9.17) is 5.73 Å². The minimum atomic E-state index is -0.178. The fourth-order valence-corrected chi connectivity index (χ4v) is 0.561. The van der Waals surface area contributed by atoms with E-state index in [0.717, 1.165) is 0 Å². The van der Waals surface area contributed by atoms with Crippen molar-refractivity contribution in [3.05, 3.63) is 34.6 Å². The summed E-state index contributed by atoms with van der Waals surface area (Å²) in [6.45, 7) is 0. The van der Waals surface area contributed by atoms with Crippen LogP contribution in [0.2, 0.25) is 0 Å². The van der Waals surface area contributed by atoms with E-state index in [2.05, 4.69) is 9.97 Å². The second-order valence-corrected chi connectivity index (χ2v) is 1.68. The lowest BCUT2D eigenvalue weighted by atomic mass is 10.5. The molecule has 3 N–H and O–H groups in total. The number of nitrogens with one attached hydrogen (secondary N) is 1. The van der Waals surface area contributed by atoms with Crippen LogP contribution >= 0.6 is 0 Å². The third-order valence-corrected chi connectivity index (χ3v) is 0.945. The molecule has 0 atom stereocenters. The van der Waals surface area contributed by atoms with Crippen LogP contribution in [0.5, 0.6) is 0 Å². The van der Waals surface area contributed by atoms with Gasteiger partial charge >= 0.3 is 0 Å².